The van der Waals surface area contributed by atoms with Crippen LogP contribution in [0.3, 0.4) is 0 Å². The maximum Gasteiger partial charge on any atom is 0.326 e. The monoisotopic (exact) mass is 361 g/mol. The molecule has 1 aromatic carbocycles. The zero-order valence-electron chi connectivity index (χ0n) is 14.3. The molecule has 0 aliphatic rings. The zero-order valence-corrected chi connectivity index (χ0v) is 14.3. The number of hydrogen-bond acceptors (Lipinski definition) is 5. The van der Waals surface area contributed by atoms with E-state index in [4.69, 9.17) is 0 Å². The number of halogens is 1. The molecule has 26 heavy (non-hydrogen) atoms. The summed E-state index contributed by atoms with van der Waals surface area (Å²) in [5.41, 5.74) is 0.694. The maximum absolute atomic E-state index is 13.1. The first-order chi connectivity index (χ1) is 12.4. The van der Waals surface area contributed by atoms with Gasteiger partial charge in [-0.3, -0.25) is 4.79 Å². The maximum atomic E-state index is 13.1. The molecule has 0 aliphatic heterocycles. The molecule has 2 aromatic rings. The van der Waals surface area contributed by atoms with E-state index in [1.54, 1.807) is 25.1 Å². The number of benzene rings is 1. The predicted molar refractivity (Wildman–Crippen MR) is 90.7 cm³/mol. The lowest BCUT2D eigenvalue weighted by atomic mass is 10.0. The van der Waals surface area contributed by atoms with Crippen LogP contribution in [-0.2, 0) is 16.0 Å². The Kier molecular flexibility index (Phi) is 6.54. The van der Waals surface area contributed by atoms with E-state index < -0.39 is 24.0 Å². The van der Waals surface area contributed by atoms with Gasteiger partial charge in [0, 0.05) is 6.42 Å². The highest BCUT2D eigenvalue weighted by Gasteiger charge is 2.28. The minimum atomic E-state index is -1.13. The molecule has 1 amide bonds. The van der Waals surface area contributed by atoms with Crippen molar-refractivity contribution in [1.29, 1.82) is 0 Å². The van der Waals surface area contributed by atoms with Gasteiger partial charge in [-0.25, -0.2) is 13.9 Å². The van der Waals surface area contributed by atoms with Gasteiger partial charge in [-0.2, -0.15) is 0 Å². The molecule has 0 spiro atoms. The molecule has 138 valence electrons. The van der Waals surface area contributed by atoms with Crippen molar-refractivity contribution in [2.24, 2.45) is 0 Å². The Labute approximate surface area is 149 Å². The van der Waals surface area contributed by atoms with Crippen molar-refractivity contribution in [3.8, 4) is 0 Å². The van der Waals surface area contributed by atoms with E-state index in [1.165, 1.54) is 16.8 Å². The molecule has 0 radical (unpaired) electrons. The molecule has 9 heteroatoms. The van der Waals surface area contributed by atoms with Crippen LogP contribution >= 0.6 is 0 Å². The van der Waals surface area contributed by atoms with Crippen molar-refractivity contribution >= 4 is 11.9 Å². The second kappa shape index (κ2) is 8.84. The SMILES string of the molecule is C=CCCC(NC(=O)C(Cc1ccc(F)cc1)n1nnnc1C)C(=O)O. The van der Waals surface area contributed by atoms with Gasteiger partial charge >= 0.3 is 5.97 Å². The Morgan fingerprint density at radius 3 is 2.62 bits per heavy atom. The summed E-state index contributed by atoms with van der Waals surface area (Å²) in [5, 5.41) is 23.0. The summed E-state index contributed by atoms with van der Waals surface area (Å²) >= 11 is 0. The van der Waals surface area contributed by atoms with Crippen molar-refractivity contribution in [1.82, 2.24) is 25.5 Å². The van der Waals surface area contributed by atoms with Crippen LogP contribution in [0.5, 0.6) is 0 Å². The zero-order chi connectivity index (χ0) is 19.1. The van der Waals surface area contributed by atoms with Gasteiger partial charge in [-0.05, 0) is 47.9 Å². The Balaban J connectivity index is 2.23. The fourth-order valence-electron chi connectivity index (χ4n) is 2.47. The molecule has 0 aliphatic carbocycles. The number of allylic oxidation sites excluding steroid dienone is 1. The summed E-state index contributed by atoms with van der Waals surface area (Å²) in [4.78, 5) is 24.1. The second-order valence-electron chi connectivity index (χ2n) is 5.78. The Bertz CT molecular complexity index is 775. The van der Waals surface area contributed by atoms with Crippen molar-refractivity contribution in [3.63, 3.8) is 0 Å². The van der Waals surface area contributed by atoms with E-state index in [0.29, 0.717) is 17.8 Å². The molecule has 0 saturated heterocycles. The number of carbonyl (C=O) groups is 2. The summed E-state index contributed by atoms with van der Waals surface area (Å²) < 4.78 is 14.4. The fraction of sp³-hybridized carbons (Fsp3) is 0.353. The van der Waals surface area contributed by atoms with Crippen molar-refractivity contribution in [2.45, 2.75) is 38.3 Å². The van der Waals surface area contributed by atoms with Crippen LogP contribution in [0, 0.1) is 12.7 Å². The number of nitrogens with zero attached hydrogens (tertiary/aromatic N) is 4. The molecular formula is C17H20FN5O3. The minimum Gasteiger partial charge on any atom is -0.480 e. The number of rotatable bonds is 9. The van der Waals surface area contributed by atoms with Crippen LogP contribution in [0.25, 0.3) is 0 Å². The van der Waals surface area contributed by atoms with Gasteiger partial charge < -0.3 is 10.4 Å². The molecule has 1 heterocycles. The van der Waals surface area contributed by atoms with Gasteiger partial charge in [-0.1, -0.05) is 18.2 Å². The number of aryl methyl sites for hydroxylation is 1. The van der Waals surface area contributed by atoms with Crippen molar-refractivity contribution in [2.75, 3.05) is 0 Å². The van der Waals surface area contributed by atoms with Crippen LogP contribution in [-0.4, -0.2) is 43.2 Å². The number of nitrogens with one attached hydrogen (secondary N) is 1. The third kappa shape index (κ3) is 4.95. The largest absolute Gasteiger partial charge is 0.480 e. The van der Waals surface area contributed by atoms with Gasteiger partial charge in [0.25, 0.3) is 0 Å². The summed E-state index contributed by atoms with van der Waals surface area (Å²) in [6.45, 7) is 5.19. The minimum absolute atomic E-state index is 0.186. The average molecular weight is 361 g/mol. The third-order valence-electron chi connectivity index (χ3n) is 3.87. The Hall–Kier alpha value is -3.10. The average Bonchev–Trinajstić information content (AvgIpc) is 3.03. The van der Waals surface area contributed by atoms with E-state index in [9.17, 15) is 19.1 Å². The smallest absolute Gasteiger partial charge is 0.326 e. The lowest BCUT2D eigenvalue weighted by Crippen LogP contribution is -2.45. The van der Waals surface area contributed by atoms with Crippen LogP contribution in [0.4, 0.5) is 4.39 Å². The van der Waals surface area contributed by atoms with Crippen LogP contribution in [0.2, 0.25) is 0 Å². The summed E-state index contributed by atoms with van der Waals surface area (Å²) in [6.07, 6.45) is 2.45. The van der Waals surface area contributed by atoms with Crippen molar-refractivity contribution in [3.05, 3.63) is 54.1 Å². The summed E-state index contributed by atoms with van der Waals surface area (Å²) in [6, 6.07) is 3.79. The quantitative estimate of drug-likeness (QED) is 0.654. The molecule has 0 fully saturated rings. The molecule has 2 unspecified atom stereocenters. The first-order valence-corrected chi connectivity index (χ1v) is 8.05. The number of aliphatic carboxylic acids is 1. The standard InChI is InChI=1S/C17H20FN5O3/c1-3-4-5-14(17(25)26)19-16(24)15(23-11(2)20-21-22-23)10-12-6-8-13(18)9-7-12/h3,6-9,14-15H,1,4-5,10H2,2H3,(H,19,24)(H,25,26). The lowest BCUT2D eigenvalue weighted by Gasteiger charge is -2.20. The lowest BCUT2D eigenvalue weighted by molar-refractivity contribution is -0.142. The number of carboxylic acid groups (broad SMARTS) is 1. The molecule has 2 N–H and O–H groups in total. The predicted octanol–water partition coefficient (Wildman–Crippen LogP) is 1.44. The highest BCUT2D eigenvalue weighted by atomic mass is 19.1. The van der Waals surface area contributed by atoms with Gasteiger partial charge in [0.2, 0.25) is 5.91 Å². The number of amides is 1. The normalized spacial score (nSPS) is 13.0. The number of aromatic nitrogens is 4. The van der Waals surface area contributed by atoms with E-state index >= 15 is 0 Å². The van der Waals surface area contributed by atoms with Gasteiger partial charge in [0.1, 0.15) is 23.7 Å². The molecule has 0 bridgehead atoms. The second-order valence-corrected chi connectivity index (χ2v) is 5.78. The van der Waals surface area contributed by atoms with E-state index in [0.717, 1.165) is 0 Å². The third-order valence-corrected chi connectivity index (χ3v) is 3.87. The number of tetrazole rings is 1. The molecule has 1 aromatic heterocycles. The highest BCUT2D eigenvalue weighted by molar-refractivity contribution is 5.86. The van der Waals surface area contributed by atoms with Crippen molar-refractivity contribution < 1.29 is 19.1 Å². The highest BCUT2D eigenvalue weighted by Crippen LogP contribution is 2.16. The van der Waals surface area contributed by atoms with Crippen LogP contribution in [0.1, 0.15) is 30.3 Å². The van der Waals surface area contributed by atoms with Gasteiger partial charge in [0.05, 0.1) is 0 Å². The fourth-order valence-corrected chi connectivity index (χ4v) is 2.47. The molecule has 2 atom stereocenters. The van der Waals surface area contributed by atoms with Crippen LogP contribution < -0.4 is 5.32 Å². The first-order valence-electron chi connectivity index (χ1n) is 8.05. The topological polar surface area (TPSA) is 110 Å². The van der Waals surface area contributed by atoms with E-state index in [1.807, 2.05) is 0 Å². The van der Waals surface area contributed by atoms with E-state index in [-0.39, 0.29) is 18.7 Å². The molecule has 0 saturated carbocycles. The molecule has 2 rings (SSSR count). The van der Waals surface area contributed by atoms with Gasteiger partial charge in [-0.15, -0.1) is 11.7 Å². The Morgan fingerprint density at radius 1 is 1.38 bits per heavy atom. The summed E-state index contributed by atoms with van der Waals surface area (Å²) in [7, 11) is 0. The molecular weight excluding hydrogens is 341 g/mol. The number of hydrogen-bond donors (Lipinski definition) is 2. The Morgan fingerprint density at radius 2 is 2.08 bits per heavy atom. The van der Waals surface area contributed by atoms with E-state index in [2.05, 4.69) is 27.4 Å². The molecule has 8 nitrogen and oxygen atoms in total. The number of carboxylic acids is 1. The van der Waals surface area contributed by atoms with Crippen LogP contribution in [0.15, 0.2) is 36.9 Å². The number of carbonyl (C=O) groups excluding carboxylic acids is 1. The summed E-state index contributed by atoms with van der Waals surface area (Å²) in [5.74, 6) is -1.63. The first kappa shape index (κ1) is 19.2. The van der Waals surface area contributed by atoms with Gasteiger partial charge in [0.15, 0.2) is 0 Å².